The number of nitrogens with one attached hydrogen (secondary N) is 1. The van der Waals surface area contributed by atoms with Crippen LogP contribution in [0.1, 0.15) is 46.4 Å². The molecule has 0 saturated heterocycles. The second-order valence-corrected chi connectivity index (χ2v) is 5.28. The van der Waals surface area contributed by atoms with E-state index in [-0.39, 0.29) is 0 Å². The van der Waals surface area contributed by atoms with E-state index in [2.05, 4.69) is 43.1 Å². The van der Waals surface area contributed by atoms with Crippen molar-refractivity contribution >= 4 is 0 Å². The number of aromatic nitrogens is 3. The van der Waals surface area contributed by atoms with Crippen LogP contribution in [-0.4, -0.2) is 21.3 Å². The van der Waals surface area contributed by atoms with Gasteiger partial charge in [0.15, 0.2) is 0 Å². The van der Waals surface area contributed by atoms with E-state index in [1.54, 1.807) is 6.33 Å². The first kappa shape index (κ1) is 14.2. The van der Waals surface area contributed by atoms with Gasteiger partial charge in [-0.25, -0.2) is 9.67 Å². The molecule has 1 heterocycles. The summed E-state index contributed by atoms with van der Waals surface area (Å²) in [6.07, 6.45) is 4.14. The molecule has 0 bridgehead atoms. The maximum absolute atomic E-state index is 4.32. The Labute approximate surface area is 105 Å². The summed E-state index contributed by atoms with van der Waals surface area (Å²) in [6, 6.07) is 0. The van der Waals surface area contributed by atoms with E-state index in [0.717, 1.165) is 25.5 Å². The third-order valence-electron chi connectivity index (χ3n) is 2.80. The van der Waals surface area contributed by atoms with Crippen LogP contribution in [0.3, 0.4) is 0 Å². The summed E-state index contributed by atoms with van der Waals surface area (Å²) in [5, 5.41) is 7.71. The highest BCUT2D eigenvalue weighted by molar-refractivity contribution is 4.84. The predicted octanol–water partition coefficient (Wildman–Crippen LogP) is 2.46. The van der Waals surface area contributed by atoms with Gasteiger partial charge in [-0.15, -0.1) is 0 Å². The lowest BCUT2D eigenvalue weighted by molar-refractivity contribution is 0.403. The Bertz CT molecular complexity index is 306. The molecule has 0 saturated carbocycles. The minimum absolute atomic E-state index is 0.672. The zero-order chi connectivity index (χ0) is 12.7. The normalized spacial score (nSPS) is 13.2. The van der Waals surface area contributed by atoms with Gasteiger partial charge in [0.25, 0.3) is 0 Å². The molecule has 1 aromatic rings. The van der Waals surface area contributed by atoms with Gasteiger partial charge in [0, 0.05) is 6.54 Å². The number of hydrogen-bond donors (Lipinski definition) is 1. The summed E-state index contributed by atoms with van der Waals surface area (Å²) >= 11 is 0. The molecule has 4 nitrogen and oxygen atoms in total. The lowest BCUT2D eigenvalue weighted by Crippen LogP contribution is -2.22. The highest BCUT2D eigenvalue weighted by Crippen LogP contribution is 2.08. The van der Waals surface area contributed by atoms with Crippen LogP contribution in [0.2, 0.25) is 0 Å². The van der Waals surface area contributed by atoms with Gasteiger partial charge in [0.2, 0.25) is 0 Å². The summed E-state index contributed by atoms with van der Waals surface area (Å²) in [5.41, 5.74) is 0. The molecule has 17 heavy (non-hydrogen) atoms. The van der Waals surface area contributed by atoms with Crippen LogP contribution in [0.25, 0.3) is 0 Å². The van der Waals surface area contributed by atoms with E-state index >= 15 is 0 Å². The fraction of sp³-hybridized carbons (Fsp3) is 0.846. The second-order valence-electron chi connectivity index (χ2n) is 5.28. The SMILES string of the molecule is CCCC(C)Cn1ncnc1CNCC(C)C. The topological polar surface area (TPSA) is 42.7 Å². The minimum Gasteiger partial charge on any atom is -0.310 e. The molecule has 0 radical (unpaired) electrons. The van der Waals surface area contributed by atoms with E-state index in [1.807, 2.05) is 4.68 Å². The van der Waals surface area contributed by atoms with Crippen LogP contribution in [0.4, 0.5) is 0 Å². The Morgan fingerprint density at radius 2 is 2.12 bits per heavy atom. The Hall–Kier alpha value is -0.900. The number of rotatable bonds is 8. The van der Waals surface area contributed by atoms with E-state index in [9.17, 15) is 0 Å². The highest BCUT2D eigenvalue weighted by atomic mass is 15.3. The molecule has 1 atom stereocenters. The number of hydrogen-bond acceptors (Lipinski definition) is 3. The summed E-state index contributed by atoms with van der Waals surface area (Å²) in [5.74, 6) is 2.39. The molecular weight excluding hydrogens is 212 g/mol. The van der Waals surface area contributed by atoms with Gasteiger partial charge < -0.3 is 5.32 Å². The Morgan fingerprint density at radius 3 is 2.76 bits per heavy atom. The first-order chi connectivity index (χ1) is 8.13. The monoisotopic (exact) mass is 238 g/mol. The molecule has 0 aliphatic carbocycles. The molecule has 0 aliphatic rings. The first-order valence-electron chi connectivity index (χ1n) is 6.70. The summed E-state index contributed by atoms with van der Waals surface area (Å²) in [7, 11) is 0. The van der Waals surface area contributed by atoms with E-state index in [0.29, 0.717) is 11.8 Å². The van der Waals surface area contributed by atoms with Crippen LogP contribution in [-0.2, 0) is 13.1 Å². The zero-order valence-electron chi connectivity index (χ0n) is 11.6. The maximum Gasteiger partial charge on any atom is 0.140 e. The molecular formula is C13H26N4. The average Bonchev–Trinajstić information content (AvgIpc) is 2.65. The van der Waals surface area contributed by atoms with Crippen LogP contribution in [0.15, 0.2) is 6.33 Å². The van der Waals surface area contributed by atoms with Gasteiger partial charge in [-0.3, -0.25) is 0 Å². The zero-order valence-corrected chi connectivity index (χ0v) is 11.6. The highest BCUT2D eigenvalue weighted by Gasteiger charge is 2.08. The largest absolute Gasteiger partial charge is 0.310 e. The van der Waals surface area contributed by atoms with Crippen LogP contribution in [0, 0.1) is 11.8 Å². The summed E-state index contributed by atoms with van der Waals surface area (Å²) in [4.78, 5) is 4.32. The third-order valence-corrected chi connectivity index (χ3v) is 2.80. The summed E-state index contributed by atoms with van der Waals surface area (Å²) < 4.78 is 2.04. The van der Waals surface area contributed by atoms with Crippen molar-refractivity contribution in [1.82, 2.24) is 20.1 Å². The van der Waals surface area contributed by atoms with Crippen molar-refractivity contribution in [3.63, 3.8) is 0 Å². The van der Waals surface area contributed by atoms with Crippen LogP contribution in [0.5, 0.6) is 0 Å². The predicted molar refractivity (Wildman–Crippen MR) is 70.6 cm³/mol. The molecule has 1 aromatic heterocycles. The van der Waals surface area contributed by atoms with Gasteiger partial charge in [0.05, 0.1) is 6.54 Å². The Morgan fingerprint density at radius 1 is 1.35 bits per heavy atom. The van der Waals surface area contributed by atoms with Gasteiger partial charge in [-0.2, -0.15) is 5.10 Å². The summed E-state index contributed by atoms with van der Waals surface area (Å²) in [6.45, 7) is 11.7. The smallest absolute Gasteiger partial charge is 0.140 e. The van der Waals surface area contributed by atoms with Gasteiger partial charge >= 0.3 is 0 Å². The van der Waals surface area contributed by atoms with E-state index in [1.165, 1.54) is 12.8 Å². The fourth-order valence-corrected chi connectivity index (χ4v) is 1.93. The van der Waals surface area contributed by atoms with Crippen molar-refractivity contribution in [2.24, 2.45) is 11.8 Å². The number of nitrogens with zero attached hydrogens (tertiary/aromatic N) is 3. The van der Waals surface area contributed by atoms with Gasteiger partial charge in [-0.1, -0.05) is 34.1 Å². The standard InChI is InChI=1S/C13H26N4/c1-5-6-12(4)9-17-13(15-10-16-17)8-14-7-11(2)3/h10-12,14H,5-9H2,1-4H3. The molecule has 98 valence electrons. The Kier molecular flexibility index (Phi) is 6.19. The van der Waals surface area contributed by atoms with Crippen molar-refractivity contribution < 1.29 is 0 Å². The van der Waals surface area contributed by atoms with Crippen molar-refractivity contribution in [2.45, 2.75) is 53.6 Å². The third kappa shape index (κ3) is 5.31. The second kappa shape index (κ2) is 7.43. The first-order valence-corrected chi connectivity index (χ1v) is 6.70. The quantitative estimate of drug-likeness (QED) is 0.756. The maximum atomic E-state index is 4.32. The molecule has 0 spiro atoms. The molecule has 4 heteroatoms. The van der Waals surface area contributed by atoms with Crippen LogP contribution >= 0.6 is 0 Å². The average molecular weight is 238 g/mol. The van der Waals surface area contributed by atoms with Crippen molar-refractivity contribution in [1.29, 1.82) is 0 Å². The van der Waals surface area contributed by atoms with E-state index < -0.39 is 0 Å². The Balaban J connectivity index is 2.42. The van der Waals surface area contributed by atoms with Crippen molar-refractivity contribution in [2.75, 3.05) is 6.54 Å². The van der Waals surface area contributed by atoms with Crippen LogP contribution < -0.4 is 5.32 Å². The lowest BCUT2D eigenvalue weighted by Gasteiger charge is -2.13. The molecule has 1 N–H and O–H groups in total. The minimum atomic E-state index is 0.672. The van der Waals surface area contributed by atoms with Crippen molar-refractivity contribution in [3.8, 4) is 0 Å². The molecule has 0 fully saturated rings. The molecule has 1 rings (SSSR count). The van der Waals surface area contributed by atoms with E-state index in [4.69, 9.17) is 0 Å². The molecule has 0 aromatic carbocycles. The lowest BCUT2D eigenvalue weighted by atomic mass is 10.1. The molecule has 0 aliphatic heterocycles. The fourth-order valence-electron chi connectivity index (χ4n) is 1.93. The molecule has 0 amide bonds. The molecule has 1 unspecified atom stereocenters. The van der Waals surface area contributed by atoms with Gasteiger partial charge in [0.1, 0.15) is 12.2 Å². The van der Waals surface area contributed by atoms with Crippen molar-refractivity contribution in [3.05, 3.63) is 12.2 Å². The van der Waals surface area contributed by atoms with Gasteiger partial charge in [-0.05, 0) is 24.8 Å².